The fraction of sp³-hybridized carbons (Fsp3) is 0.211. The molecule has 2 aromatic carbocycles. The van der Waals surface area contributed by atoms with E-state index in [0.717, 1.165) is 24.4 Å². The second-order valence-corrected chi connectivity index (χ2v) is 5.38. The molecule has 0 amide bonds. The van der Waals surface area contributed by atoms with Gasteiger partial charge in [-0.2, -0.15) is 5.10 Å². The van der Waals surface area contributed by atoms with E-state index in [1.165, 1.54) is 5.56 Å². The summed E-state index contributed by atoms with van der Waals surface area (Å²) in [6.07, 6.45) is 5.08. The maximum Gasteiger partial charge on any atom is 0.0620 e. The molecule has 0 aliphatic heterocycles. The normalized spacial score (nSPS) is 12.0. The fourth-order valence-electron chi connectivity index (χ4n) is 1.92. The van der Waals surface area contributed by atoms with Gasteiger partial charge >= 0.3 is 0 Å². The highest BCUT2D eigenvalue weighted by atomic mass is 15.3. The lowest BCUT2D eigenvalue weighted by Crippen LogP contribution is -2.16. The van der Waals surface area contributed by atoms with E-state index in [1.54, 1.807) is 0 Å². The molecule has 2 rings (SSSR count). The van der Waals surface area contributed by atoms with Gasteiger partial charge in [-0.05, 0) is 37.9 Å². The number of allylic oxidation sites excluding steroid dienone is 1. The summed E-state index contributed by atoms with van der Waals surface area (Å²) in [4.78, 5) is 2.16. The SMILES string of the molecule is CN(C)CCC(/C=C\c1ccccc1)=N\Nc1ccccc1. The first-order valence-corrected chi connectivity index (χ1v) is 7.49. The van der Waals surface area contributed by atoms with Crippen LogP contribution in [0.15, 0.2) is 71.8 Å². The van der Waals surface area contributed by atoms with Crippen molar-refractivity contribution in [1.82, 2.24) is 4.90 Å². The first-order valence-electron chi connectivity index (χ1n) is 7.49. The van der Waals surface area contributed by atoms with Crippen molar-refractivity contribution >= 4 is 17.5 Å². The van der Waals surface area contributed by atoms with Gasteiger partial charge in [-0.3, -0.25) is 5.43 Å². The molecule has 0 saturated heterocycles. The number of hydrogen-bond acceptors (Lipinski definition) is 3. The Morgan fingerprint density at radius 2 is 1.64 bits per heavy atom. The Balaban J connectivity index is 2.06. The molecule has 0 fully saturated rings. The molecule has 114 valence electrons. The number of nitrogens with zero attached hydrogens (tertiary/aromatic N) is 2. The standard InChI is InChI=1S/C19H23N3/c1-22(2)16-15-19(14-13-17-9-5-3-6-10-17)21-20-18-11-7-4-8-12-18/h3-14,20H,15-16H2,1-2H3/b14-13-,21-19-. The van der Waals surface area contributed by atoms with Gasteiger partial charge in [0.15, 0.2) is 0 Å². The monoisotopic (exact) mass is 293 g/mol. The van der Waals surface area contributed by atoms with Crippen LogP contribution in [0.3, 0.4) is 0 Å². The van der Waals surface area contributed by atoms with Crippen LogP contribution in [0.4, 0.5) is 5.69 Å². The van der Waals surface area contributed by atoms with Crippen LogP contribution in [-0.4, -0.2) is 31.3 Å². The minimum absolute atomic E-state index is 0.899. The predicted octanol–water partition coefficient (Wildman–Crippen LogP) is 4.12. The van der Waals surface area contributed by atoms with E-state index in [2.05, 4.69) is 53.8 Å². The lowest BCUT2D eigenvalue weighted by Gasteiger charge is -2.09. The molecule has 3 heteroatoms. The summed E-state index contributed by atoms with van der Waals surface area (Å²) in [6, 6.07) is 20.3. The number of benzene rings is 2. The minimum Gasteiger partial charge on any atom is -0.309 e. The molecule has 2 aromatic rings. The van der Waals surface area contributed by atoms with Crippen LogP contribution in [0.25, 0.3) is 6.08 Å². The second-order valence-electron chi connectivity index (χ2n) is 5.38. The van der Waals surface area contributed by atoms with Gasteiger partial charge in [-0.25, -0.2) is 0 Å². The van der Waals surface area contributed by atoms with Gasteiger partial charge in [-0.15, -0.1) is 0 Å². The van der Waals surface area contributed by atoms with Crippen molar-refractivity contribution in [3.8, 4) is 0 Å². The lowest BCUT2D eigenvalue weighted by atomic mass is 10.1. The highest BCUT2D eigenvalue weighted by molar-refractivity contribution is 5.98. The van der Waals surface area contributed by atoms with E-state index in [1.807, 2.05) is 48.5 Å². The number of anilines is 1. The summed E-state index contributed by atoms with van der Waals surface area (Å²) >= 11 is 0. The average molecular weight is 293 g/mol. The maximum atomic E-state index is 4.53. The van der Waals surface area contributed by atoms with E-state index in [9.17, 15) is 0 Å². The van der Waals surface area contributed by atoms with Crippen molar-refractivity contribution in [3.63, 3.8) is 0 Å². The van der Waals surface area contributed by atoms with Crippen LogP contribution in [0, 0.1) is 0 Å². The molecule has 0 unspecified atom stereocenters. The molecule has 0 aliphatic carbocycles. The third-order valence-corrected chi connectivity index (χ3v) is 3.19. The van der Waals surface area contributed by atoms with Crippen molar-refractivity contribution in [1.29, 1.82) is 0 Å². The summed E-state index contributed by atoms with van der Waals surface area (Å²) in [5.74, 6) is 0. The summed E-state index contributed by atoms with van der Waals surface area (Å²) in [5.41, 5.74) is 6.33. The molecule has 0 aromatic heterocycles. The highest BCUT2D eigenvalue weighted by Crippen LogP contribution is 2.07. The van der Waals surface area contributed by atoms with Crippen LogP contribution >= 0.6 is 0 Å². The first kappa shape index (κ1) is 16.0. The van der Waals surface area contributed by atoms with Gasteiger partial charge in [0.2, 0.25) is 0 Å². The Bertz CT molecular complexity index is 601. The third kappa shape index (κ3) is 5.94. The minimum atomic E-state index is 0.899. The van der Waals surface area contributed by atoms with Crippen LogP contribution in [0.5, 0.6) is 0 Å². The van der Waals surface area contributed by atoms with Crippen LogP contribution in [-0.2, 0) is 0 Å². The Kier molecular flexibility index (Phi) is 6.39. The molecule has 0 aliphatic rings. The number of para-hydroxylation sites is 1. The van der Waals surface area contributed by atoms with E-state index in [0.29, 0.717) is 0 Å². The van der Waals surface area contributed by atoms with Crippen molar-refractivity contribution in [2.45, 2.75) is 6.42 Å². The summed E-state index contributed by atoms with van der Waals surface area (Å²) < 4.78 is 0. The molecule has 3 nitrogen and oxygen atoms in total. The van der Waals surface area contributed by atoms with Crippen molar-refractivity contribution < 1.29 is 0 Å². The van der Waals surface area contributed by atoms with Gasteiger partial charge in [0, 0.05) is 13.0 Å². The van der Waals surface area contributed by atoms with Gasteiger partial charge in [0.05, 0.1) is 11.4 Å². The fourth-order valence-corrected chi connectivity index (χ4v) is 1.92. The highest BCUT2D eigenvalue weighted by Gasteiger charge is 1.98. The second kappa shape index (κ2) is 8.80. The van der Waals surface area contributed by atoms with Crippen LogP contribution < -0.4 is 5.43 Å². The number of nitrogens with one attached hydrogen (secondary N) is 1. The van der Waals surface area contributed by atoms with E-state index >= 15 is 0 Å². The Morgan fingerprint density at radius 1 is 1.00 bits per heavy atom. The molecular formula is C19H23N3. The quantitative estimate of drug-likeness (QED) is 0.614. The third-order valence-electron chi connectivity index (χ3n) is 3.19. The summed E-state index contributed by atoms with van der Waals surface area (Å²) in [7, 11) is 4.15. The summed E-state index contributed by atoms with van der Waals surface area (Å²) in [6.45, 7) is 0.967. The Morgan fingerprint density at radius 3 is 2.27 bits per heavy atom. The summed E-state index contributed by atoms with van der Waals surface area (Å²) in [5, 5.41) is 4.53. The Labute approximate surface area is 133 Å². The molecule has 22 heavy (non-hydrogen) atoms. The maximum absolute atomic E-state index is 4.53. The average Bonchev–Trinajstić information content (AvgIpc) is 2.56. The zero-order valence-corrected chi connectivity index (χ0v) is 13.2. The van der Waals surface area contributed by atoms with E-state index in [4.69, 9.17) is 0 Å². The largest absolute Gasteiger partial charge is 0.309 e. The topological polar surface area (TPSA) is 27.6 Å². The predicted molar refractivity (Wildman–Crippen MR) is 96.1 cm³/mol. The molecular weight excluding hydrogens is 270 g/mol. The molecule has 0 atom stereocenters. The first-order chi connectivity index (χ1) is 10.7. The number of hydrogen-bond donors (Lipinski definition) is 1. The van der Waals surface area contributed by atoms with Crippen molar-refractivity contribution in [2.24, 2.45) is 5.10 Å². The zero-order chi connectivity index (χ0) is 15.6. The van der Waals surface area contributed by atoms with Gasteiger partial charge < -0.3 is 4.90 Å². The van der Waals surface area contributed by atoms with Crippen molar-refractivity contribution in [3.05, 3.63) is 72.3 Å². The van der Waals surface area contributed by atoms with Crippen molar-refractivity contribution in [2.75, 3.05) is 26.1 Å². The smallest absolute Gasteiger partial charge is 0.0620 e. The number of hydrazone groups is 1. The van der Waals surface area contributed by atoms with Gasteiger partial charge in [0.25, 0.3) is 0 Å². The van der Waals surface area contributed by atoms with E-state index < -0.39 is 0 Å². The number of rotatable bonds is 7. The van der Waals surface area contributed by atoms with Gasteiger partial charge in [0.1, 0.15) is 0 Å². The van der Waals surface area contributed by atoms with Crippen LogP contribution in [0.1, 0.15) is 12.0 Å². The molecule has 0 bridgehead atoms. The van der Waals surface area contributed by atoms with E-state index in [-0.39, 0.29) is 0 Å². The zero-order valence-electron chi connectivity index (χ0n) is 13.2. The molecule has 0 spiro atoms. The molecule has 0 saturated carbocycles. The Hall–Kier alpha value is -2.39. The van der Waals surface area contributed by atoms with Gasteiger partial charge in [-0.1, -0.05) is 54.6 Å². The molecule has 1 N–H and O–H groups in total. The lowest BCUT2D eigenvalue weighted by molar-refractivity contribution is 0.422. The van der Waals surface area contributed by atoms with Crippen LogP contribution in [0.2, 0.25) is 0 Å². The molecule has 0 heterocycles. The molecule has 0 radical (unpaired) electrons.